The predicted octanol–water partition coefficient (Wildman–Crippen LogP) is 1.12. The summed E-state index contributed by atoms with van der Waals surface area (Å²) in [5, 5.41) is 15.9. The maximum Gasteiger partial charge on any atom is 0.423 e. The molecule has 4 rings (SSSR count). The summed E-state index contributed by atoms with van der Waals surface area (Å²) in [5.74, 6) is -0.575. The largest absolute Gasteiger partial charge is 0.471 e. The Morgan fingerprint density at radius 1 is 1.24 bits per heavy atom. The fraction of sp³-hybridized carbons (Fsp3) is 0.632. The van der Waals surface area contributed by atoms with Gasteiger partial charge >= 0.3 is 6.18 Å². The standard InChI is InChI=1S/C19H25F3N6O5S/c20-19(21,22)16-10-23-18(26-17(16)33-14-3-8-32-12-14)25-13-1-4-28(5-2-13)34(30,31)15-9-24-27(11-15)6-7-29/h9-11,13-14,29H,1-8,12H2,(H,23,25,26)/t14-/m0/s1. The summed E-state index contributed by atoms with van der Waals surface area (Å²) >= 11 is 0. The van der Waals surface area contributed by atoms with Crippen molar-refractivity contribution in [1.82, 2.24) is 24.1 Å². The summed E-state index contributed by atoms with van der Waals surface area (Å²) in [6.45, 7) is 1.03. The van der Waals surface area contributed by atoms with Crippen molar-refractivity contribution >= 4 is 16.0 Å². The van der Waals surface area contributed by atoms with E-state index in [9.17, 15) is 21.6 Å². The number of nitrogens with zero attached hydrogens (tertiary/aromatic N) is 5. The van der Waals surface area contributed by atoms with E-state index in [1.54, 1.807) is 0 Å². The molecule has 0 aliphatic carbocycles. The van der Waals surface area contributed by atoms with Crippen LogP contribution in [0, 0.1) is 0 Å². The molecule has 0 spiro atoms. The average molecular weight is 507 g/mol. The van der Waals surface area contributed by atoms with Gasteiger partial charge in [-0.2, -0.15) is 27.6 Å². The van der Waals surface area contributed by atoms with E-state index >= 15 is 0 Å². The van der Waals surface area contributed by atoms with Crippen molar-refractivity contribution in [2.45, 2.75) is 49.0 Å². The van der Waals surface area contributed by atoms with Crippen molar-refractivity contribution < 1.29 is 36.2 Å². The Morgan fingerprint density at radius 2 is 2.00 bits per heavy atom. The second kappa shape index (κ2) is 10.0. The third-order valence-electron chi connectivity index (χ3n) is 5.59. The lowest BCUT2D eigenvalue weighted by Gasteiger charge is -2.31. The van der Waals surface area contributed by atoms with Gasteiger partial charge in [0.25, 0.3) is 0 Å². The van der Waals surface area contributed by atoms with E-state index in [0.717, 1.165) is 0 Å². The van der Waals surface area contributed by atoms with Crippen molar-refractivity contribution in [1.29, 1.82) is 0 Å². The lowest BCUT2D eigenvalue weighted by atomic mass is 10.1. The van der Waals surface area contributed by atoms with E-state index in [1.165, 1.54) is 21.4 Å². The van der Waals surface area contributed by atoms with E-state index in [1.807, 2.05) is 0 Å². The molecular formula is C19H25F3N6O5S. The minimum atomic E-state index is -4.67. The molecule has 2 aromatic rings. The first-order chi connectivity index (χ1) is 16.2. The van der Waals surface area contributed by atoms with Gasteiger partial charge in [-0.1, -0.05) is 0 Å². The summed E-state index contributed by atoms with van der Waals surface area (Å²) in [4.78, 5) is 7.78. The number of alkyl halides is 3. The molecule has 0 unspecified atom stereocenters. The number of hydrogen-bond acceptors (Lipinski definition) is 9. The van der Waals surface area contributed by atoms with Crippen molar-refractivity contribution in [3.8, 4) is 5.88 Å². The smallest absolute Gasteiger partial charge is 0.423 e. The van der Waals surface area contributed by atoms with Crippen molar-refractivity contribution in [3.63, 3.8) is 0 Å². The van der Waals surface area contributed by atoms with Gasteiger partial charge in [0.05, 0.1) is 32.6 Å². The predicted molar refractivity (Wildman–Crippen MR) is 112 cm³/mol. The first-order valence-electron chi connectivity index (χ1n) is 10.8. The van der Waals surface area contributed by atoms with E-state index < -0.39 is 33.7 Å². The number of anilines is 1. The molecule has 2 N–H and O–H groups in total. The monoisotopic (exact) mass is 506 g/mol. The highest BCUT2D eigenvalue weighted by Gasteiger charge is 2.38. The Bertz CT molecular complexity index is 1080. The molecule has 0 amide bonds. The highest BCUT2D eigenvalue weighted by molar-refractivity contribution is 7.89. The van der Waals surface area contributed by atoms with Crippen LogP contribution in [-0.4, -0.2) is 82.6 Å². The van der Waals surface area contributed by atoms with E-state index in [0.29, 0.717) is 32.1 Å². The molecule has 2 aliphatic heterocycles. The van der Waals surface area contributed by atoms with E-state index in [4.69, 9.17) is 14.6 Å². The van der Waals surface area contributed by atoms with Gasteiger partial charge in [0, 0.05) is 37.9 Å². The number of piperidine rings is 1. The normalized spacial score (nSPS) is 20.5. The topological polar surface area (TPSA) is 132 Å². The molecular weight excluding hydrogens is 481 g/mol. The van der Waals surface area contributed by atoms with E-state index in [-0.39, 0.29) is 49.7 Å². The van der Waals surface area contributed by atoms with Gasteiger partial charge in [-0.25, -0.2) is 13.4 Å². The van der Waals surface area contributed by atoms with Crippen LogP contribution in [0.1, 0.15) is 24.8 Å². The summed E-state index contributed by atoms with van der Waals surface area (Å²) in [6.07, 6.45) is -0.621. The number of aliphatic hydroxyl groups is 1. The minimum Gasteiger partial charge on any atom is -0.471 e. The first-order valence-corrected chi connectivity index (χ1v) is 12.2. The third-order valence-corrected chi connectivity index (χ3v) is 7.44. The van der Waals surface area contributed by atoms with Crippen LogP contribution >= 0.6 is 0 Å². The first kappa shape index (κ1) is 24.6. The summed E-state index contributed by atoms with van der Waals surface area (Å²) in [7, 11) is -3.75. The van der Waals surface area contributed by atoms with Crippen LogP contribution in [0.4, 0.5) is 19.1 Å². The molecule has 4 heterocycles. The van der Waals surface area contributed by atoms with Crippen LogP contribution in [-0.2, 0) is 27.5 Å². The van der Waals surface area contributed by atoms with Gasteiger partial charge in [0.1, 0.15) is 16.6 Å². The Kier molecular flexibility index (Phi) is 7.25. The molecule has 0 radical (unpaired) electrons. The van der Waals surface area contributed by atoms with Gasteiger partial charge in [0.15, 0.2) is 0 Å². The second-order valence-corrected chi connectivity index (χ2v) is 9.94. The molecule has 0 saturated carbocycles. The number of aromatic nitrogens is 4. The number of ether oxygens (including phenoxy) is 2. The zero-order valence-corrected chi connectivity index (χ0v) is 18.9. The molecule has 1 atom stereocenters. The van der Waals surface area contributed by atoms with Crippen LogP contribution in [0.3, 0.4) is 0 Å². The lowest BCUT2D eigenvalue weighted by Crippen LogP contribution is -2.42. The van der Waals surface area contributed by atoms with Gasteiger partial charge < -0.3 is 19.9 Å². The van der Waals surface area contributed by atoms with Crippen LogP contribution in [0.5, 0.6) is 5.88 Å². The highest BCUT2D eigenvalue weighted by atomic mass is 32.2. The van der Waals surface area contributed by atoms with Crippen LogP contribution < -0.4 is 10.1 Å². The molecule has 2 fully saturated rings. The van der Waals surface area contributed by atoms with Gasteiger partial charge in [0.2, 0.25) is 21.9 Å². The number of aliphatic hydroxyl groups excluding tert-OH is 1. The molecule has 15 heteroatoms. The maximum absolute atomic E-state index is 13.4. The van der Waals surface area contributed by atoms with Crippen LogP contribution in [0.2, 0.25) is 0 Å². The Balaban J connectivity index is 1.40. The Morgan fingerprint density at radius 3 is 2.65 bits per heavy atom. The van der Waals surface area contributed by atoms with Gasteiger partial charge in [-0.3, -0.25) is 4.68 Å². The number of hydrogen-bond donors (Lipinski definition) is 2. The van der Waals surface area contributed by atoms with Crippen molar-refractivity contribution in [3.05, 3.63) is 24.2 Å². The average Bonchev–Trinajstić information content (AvgIpc) is 3.46. The highest BCUT2D eigenvalue weighted by Crippen LogP contribution is 2.36. The zero-order valence-electron chi connectivity index (χ0n) is 18.1. The molecule has 188 valence electrons. The minimum absolute atomic E-state index is 0.0199. The molecule has 0 aromatic carbocycles. The quantitative estimate of drug-likeness (QED) is 0.541. The molecule has 2 aromatic heterocycles. The summed E-state index contributed by atoms with van der Waals surface area (Å²) in [5.41, 5.74) is -1.06. The number of rotatable bonds is 8. The van der Waals surface area contributed by atoms with Gasteiger partial charge in [-0.15, -0.1) is 0 Å². The van der Waals surface area contributed by atoms with Gasteiger partial charge in [-0.05, 0) is 12.8 Å². The summed E-state index contributed by atoms with van der Waals surface area (Å²) in [6, 6.07) is -0.233. The number of nitrogens with one attached hydrogen (secondary N) is 1. The molecule has 34 heavy (non-hydrogen) atoms. The molecule has 11 nitrogen and oxygen atoms in total. The Hall–Kier alpha value is -2.49. The Labute approximate surface area is 193 Å². The third kappa shape index (κ3) is 5.59. The van der Waals surface area contributed by atoms with Crippen LogP contribution in [0.25, 0.3) is 0 Å². The SMILES string of the molecule is O=S(=O)(c1cnn(CCO)c1)N1CCC(Nc2ncc(C(F)(F)F)c(O[C@H]3CCOC3)n2)CC1. The van der Waals surface area contributed by atoms with Crippen molar-refractivity contribution in [2.24, 2.45) is 0 Å². The lowest BCUT2D eigenvalue weighted by molar-refractivity contribution is -0.139. The molecule has 2 saturated heterocycles. The second-order valence-electron chi connectivity index (χ2n) is 8.00. The van der Waals surface area contributed by atoms with E-state index in [2.05, 4.69) is 20.4 Å². The molecule has 2 aliphatic rings. The van der Waals surface area contributed by atoms with Crippen molar-refractivity contribution in [2.75, 3.05) is 38.2 Å². The molecule has 0 bridgehead atoms. The number of sulfonamides is 1. The fourth-order valence-corrected chi connectivity index (χ4v) is 5.18. The fourth-order valence-electron chi connectivity index (χ4n) is 3.76. The maximum atomic E-state index is 13.4. The number of halogens is 3. The van der Waals surface area contributed by atoms with Crippen LogP contribution in [0.15, 0.2) is 23.5 Å². The zero-order chi connectivity index (χ0) is 24.3. The summed E-state index contributed by atoms with van der Waals surface area (Å²) < 4.78 is 79.0.